The molecule has 0 aliphatic heterocycles. The van der Waals surface area contributed by atoms with Gasteiger partial charge in [0.1, 0.15) is 0 Å². The summed E-state index contributed by atoms with van der Waals surface area (Å²) < 4.78 is 9.99. The van der Waals surface area contributed by atoms with Crippen LogP contribution >= 0.6 is 0 Å². The number of likely N-dealkylation sites (N-methyl/N-ethyl adjacent to an activating group) is 1. The van der Waals surface area contributed by atoms with Gasteiger partial charge in [-0.15, -0.1) is 0 Å². The molecule has 0 bridgehead atoms. The van der Waals surface area contributed by atoms with Crippen molar-refractivity contribution in [2.45, 2.75) is 12.8 Å². The Bertz CT molecular complexity index is 123. The van der Waals surface area contributed by atoms with Crippen molar-refractivity contribution in [3.8, 4) is 0 Å². The minimum atomic E-state index is 0.810. The highest BCUT2D eigenvalue weighted by molar-refractivity contribution is 4.54. The van der Waals surface area contributed by atoms with E-state index in [1.165, 1.54) is 6.42 Å². The molecule has 4 nitrogen and oxygen atoms in total. The van der Waals surface area contributed by atoms with E-state index in [0.29, 0.717) is 0 Å². The van der Waals surface area contributed by atoms with Crippen LogP contribution in [0, 0.1) is 0 Å². The van der Waals surface area contributed by atoms with Gasteiger partial charge in [-0.1, -0.05) is 0 Å². The van der Waals surface area contributed by atoms with Gasteiger partial charge in [0.25, 0.3) is 0 Å². The zero-order valence-corrected chi connectivity index (χ0v) is 10.4. The van der Waals surface area contributed by atoms with Gasteiger partial charge in [-0.05, 0) is 26.4 Å². The zero-order chi connectivity index (χ0) is 11.4. The van der Waals surface area contributed by atoms with Gasteiger partial charge in [0.05, 0.1) is 6.61 Å². The Balaban J connectivity index is 3.02. The van der Waals surface area contributed by atoms with Crippen LogP contribution in [-0.2, 0) is 9.47 Å². The van der Waals surface area contributed by atoms with Gasteiger partial charge in [-0.3, -0.25) is 0 Å². The van der Waals surface area contributed by atoms with Gasteiger partial charge in [-0.25, -0.2) is 0 Å². The van der Waals surface area contributed by atoms with Crippen molar-refractivity contribution in [1.82, 2.24) is 10.2 Å². The predicted octanol–water partition coefficient (Wildman–Crippen LogP) is 0.581. The molecule has 1 N–H and O–H groups in total. The lowest BCUT2D eigenvalue weighted by Gasteiger charge is -2.16. The summed E-state index contributed by atoms with van der Waals surface area (Å²) in [5.41, 5.74) is 0. The van der Waals surface area contributed by atoms with Gasteiger partial charge >= 0.3 is 0 Å². The SMILES string of the molecule is COCCCCNCCN(C)CCOC. The van der Waals surface area contributed by atoms with E-state index < -0.39 is 0 Å². The molecule has 0 atom stereocenters. The minimum Gasteiger partial charge on any atom is -0.385 e. The Morgan fingerprint density at radius 2 is 1.67 bits per heavy atom. The molecule has 0 unspecified atom stereocenters. The Morgan fingerprint density at radius 3 is 2.33 bits per heavy atom. The maximum atomic E-state index is 5.01. The van der Waals surface area contributed by atoms with Gasteiger partial charge in [0.2, 0.25) is 0 Å². The molecule has 0 aromatic rings. The standard InChI is InChI=1S/C11H26N2O2/c1-13(9-11-15-3)8-7-12-6-4-5-10-14-2/h12H,4-11H2,1-3H3. The van der Waals surface area contributed by atoms with Crippen molar-refractivity contribution in [3.63, 3.8) is 0 Å². The van der Waals surface area contributed by atoms with Crippen molar-refractivity contribution in [3.05, 3.63) is 0 Å². The second kappa shape index (κ2) is 11.9. The van der Waals surface area contributed by atoms with E-state index >= 15 is 0 Å². The predicted molar refractivity (Wildman–Crippen MR) is 63.4 cm³/mol. The zero-order valence-electron chi connectivity index (χ0n) is 10.4. The summed E-state index contributed by atoms with van der Waals surface area (Å²) in [6, 6.07) is 0. The third kappa shape index (κ3) is 11.8. The van der Waals surface area contributed by atoms with E-state index in [1.54, 1.807) is 14.2 Å². The Kier molecular flexibility index (Phi) is 11.8. The van der Waals surface area contributed by atoms with Crippen LogP contribution in [0.15, 0.2) is 0 Å². The van der Waals surface area contributed by atoms with E-state index in [2.05, 4.69) is 17.3 Å². The largest absolute Gasteiger partial charge is 0.385 e. The van der Waals surface area contributed by atoms with E-state index in [0.717, 1.165) is 45.8 Å². The summed E-state index contributed by atoms with van der Waals surface area (Å²) in [5, 5.41) is 3.41. The first-order valence-corrected chi connectivity index (χ1v) is 5.68. The second-order valence-corrected chi connectivity index (χ2v) is 3.75. The molecule has 0 radical (unpaired) electrons. The van der Waals surface area contributed by atoms with Crippen molar-refractivity contribution in [2.75, 3.05) is 60.7 Å². The molecule has 0 amide bonds. The Morgan fingerprint density at radius 1 is 0.933 bits per heavy atom. The molecule has 0 heterocycles. The van der Waals surface area contributed by atoms with Gasteiger partial charge in [0, 0.05) is 40.5 Å². The van der Waals surface area contributed by atoms with Crippen LogP contribution in [0.4, 0.5) is 0 Å². The Hall–Kier alpha value is -0.160. The third-order valence-electron chi connectivity index (χ3n) is 2.30. The lowest BCUT2D eigenvalue weighted by atomic mass is 10.3. The van der Waals surface area contributed by atoms with Gasteiger partial charge in [0.15, 0.2) is 0 Å². The smallest absolute Gasteiger partial charge is 0.0589 e. The number of unbranched alkanes of at least 4 members (excludes halogenated alkanes) is 1. The average Bonchev–Trinajstić information content (AvgIpc) is 2.25. The molecule has 0 aliphatic carbocycles. The average molecular weight is 218 g/mol. The van der Waals surface area contributed by atoms with Crippen LogP contribution in [0.1, 0.15) is 12.8 Å². The van der Waals surface area contributed by atoms with E-state index in [9.17, 15) is 0 Å². The van der Waals surface area contributed by atoms with Crippen LogP contribution in [0.25, 0.3) is 0 Å². The number of hydrogen-bond acceptors (Lipinski definition) is 4. The number of nitrogens with one attached hydrogen (secondary N) is 1. The topological polar surface area (TPSA) is 33.7 Å². The van der Waals surface area contributed by atoms with Gasteiger partial charge < -0.3 is 19.7 Å². The van der Waals surface area contributed by atoms with Gasteiger partial charge in [-0.2, -0.15) is 0 Å². The first-order valence-electron chi connectivity index (χ1n) is 5.68. The maximum absolute atomic E-state index is 5.01. The summed E-state index contributed by atoms with van der Waals surface area (Å²) in [5.74, 6) is 0. The molecule has 0 aliphatic rings. The summed E-state index contributed by atoms with van der Waals surface area (Å²) >= 11 is 0. The number of hydrogen-bond donors (Lipinski definition) is 1. The fraction of sp³-hybridized carbons (Fsp3) is 1.00. The van der Waals surface area contributed by atoms with E-state index in [4.69, 9.17) is 9.47 Å². The van der Waals surface area contributed by atoms with Crippen molar-refractivity contribution in [2.24, 2.45) is 0 Å². The molecular weight excluding hydrogens is 192 g/mol. The summed E-state index contributed by atoms with van der Waals surface area (Å²) in [6.07, 6.45) is 2.33. The Labute approximate surface area is 93.9 Å². The maximum Gasteiger partial charge on any atom is 0.0589 e. The molecule has 0 fully saturated rings. The third-order valence-corrected chi connectivity index (χ3v) is 2.30. The van der Waals surface area contributed by atoms with Crippen molar-refractivity contribution in [1.29, 1.82) is 0 Å². The number of methoxy groups -OCH3 is 2. The molecule has 92 valence electrons. The van der Waals surface area contributed by atoms with Crippen LogP contribution in [0.2, 0.25) is 0 Å². The lowest BCUT2D eigenvalue weighted by Crippen LogP contribution is -2.31. The first kappa shape index (κ1) is 14.8. The monoisotopic (exact) mass is 218 g/mol. The first-order chi connectivity index (χ1) is 7.31. The summed E-state index contributed by atoms with van der Waals surface area (Å²) in [4.78, 5) is 2.27. The summed E-state index contributed by atoms with van der Waals surface area (Å²) in [7, 11) is 5.60. The molecule has 0 aromatic carbocycles. The van der Waals surface area contributed by atoms with Crippen molar-refractivity contribution >= 4 is 0 Å². The fourth-order valence-corrected chi connectivity index (χ4v) is 1.25. The molecule has 0 spiro atoms. The van der Waals surface area contributed by atoms with E-state index in [-0.39, 0.29) is 0 Å². The number of ether oxygens (including phenoxy) is 2. The van der Waals surface area contributed by atoms with Crippen LogP contribution < -0.4 is 5.32 Å². The second-order valence-electron chi connectivity index (χ2n) is 3.75. The van der Waals surface area contributed by atoms with Crippen LogP contribution in [0.5, 0.6) is 0 Å². The molecule has 4 heteroatoms. The molecule has 0 saturated heterocycles. The minimum absolute atomic E-state index is 0.810. The van der Waals surface area contributed by atoms with Crippen LogP contribution in [-0.4, -0.2) is 65.6 Å². The molecule has 15 heavy (non-hydrogen) atoms. The molecule has 0 aromatic heterocycles. The number of nitrogens with zero attached hydrogens (tertiary/aromatic N) is 1. The normalized spacial score (nSPS) is 11.2. The highest BCUT2D eigenvalue weighted by Crippen LogP contribution is 1.87. The summed E-state index contributed by atoms with van der Waals surface area (Å²) in [6.45, 7) is 5.89. The number of rotatable bonds is 11. The molecular formula is C11H26N2O2. The lowest BCUT2D eigenvalue weighted by molar-refractivity contribution is 0.161. The quantitative estimate of drug-likeness (QED) is 0.514. The van der Waals surface area contributed by atoms with E-state index in [1.807, 2.05) is 0 Å². The molecule has 0 saturated carbocycles. The highest BCUT2D eigenvalue weighted by Gasteiger charge is 1.96. The molecule has 0 rings (SSSR count). The highest BCUT2D eigenvalue weighted by atomic mass is 16.5. The van der Waals surface area contributed by atoms with Crippen molar-refractivity contribution < 1.29 is 9.47 Å². The fourth-order valence-electron chi connectivity index (χ4n) is 1.25. The van der Waals surface area contributed by atoms with Crippen LogP contribution in [0.3, 0.4) is 0 Å².